The smallest absolute Gasteiger partial charge is 0.102 e. The van der Waals surface area contributed by atoms with Crippen LogP contribution >= 0.6 is 0 Å². The van der Waals surface area contributed by atoms with Crippen LogP contribution in [0.4, 0.5) is 0 Å². The van der Waals surface area contributed by atoms with E-state index >= 15 is 0 Å². The highest BCUT2D eigenvalue weighted by atomic mass is 15.2. The van der Waals surface area contributed by atoms with Gasteiger partial charge in [0.2, 0.25) is 0 Å². The second kappa shape index (κ2) is 2.21. The first-order chi connectivity index (χ1) is 4.61. The SMILES string of the molecule is C=C1NC(=C)N(C)C=C1C. The molecule has 0 saturated heterocycles. The van der Waals surface area contributed by atoms with Crippen molar-refractivity contribution in [3.05, 3.63) is 36.4 Å². The zero-order chi connectivity index (χ0) is 7.72. The van der Waals surface area contributed by atoms with Crippen molar-refractivity contribution < 1.29 is 0 Å². The molecule has 1 aliphatic rings. The summed E-state index contributed by atoms with van der Waals surface area (Å²) in [6.45, 7) is 9.61. The number of nitrogens with zero attached hydrogens (tertiary/aromatic N) is 1. The summed E-state index contributed by atoms with van der Waals surface area (Å²) in [6, 6.07) is 0. The fourth-order valence-corrected chi connectivity index (χ4v) is 0.807. The normalized spacial score (nSPS) is 18.6. The van der Waals surface area contributed by atoms with E-state index in [0.717, 1.165) is 17.1 Å². The van der Waals surface area contributed by atoms with Crippen LogP contribution in [0, 0.1) is 0 Å². The fourth-order valence-electron chi connectivity index (χ4n) is 0.807. The molecule has 10 heavy (non-hydrogen) atoms. The summed E-state index contributed by atoms with van der Waals surface area (Å²) in [5, 5.41) is 3.05. The molecule has 0 spiro atoms. The highest BCUT2D eigenvalue weighted by Gasteiger charge is 2.08. The van der Waals surface area contributed by atoms with Gasteiger partial charge in [-0.05, 0) is 12.5 Å². The van der Waals surface area contributed by atoms with Gasteiger partial charge in [-0.25, -0.2) is 0 Å². The van der Waals surface area contributed by atoms with E-state index < -0.39 is 0 Å². The lowest BCUT2D eigenvalue weighted by molar-refractivity contribution is 0.509. The van der Waals surface area contributed by atoms with Gasteiger partial charge in [0.1, 0.15) is 5.82 Å². The zero-order valence-electron chi connectivity index (χ0n) is 6.44. The highest BCUT2D eigenvalue weighted by molar-refractivity contribution is 5.31. The highest BCUT2D eigenvalue weighted by Crippen LogP contribution is 2.13. The third kappa shape index (κ3) is 1.05. The number of hydrogen-bond acceptors (Lipinski definition) is 2. The van der Waals surface area contributed by atoms with Crippen molar-refractivity contribution in [3.8, 4) is 0 Å². The lowest BCUT2D eigenvalue weighted by Crippen LogP contribution is -2.28. The van der Waals surface area contributed by atoms with Crippen molar-refractivity contribution in [2.24, 2.45) is 0 Å². The van der Waals surface area contributed by atoms with Gasteiger partial charge in [-0.1, -0.05) is 13.2 Å². The van der Waals surface area contributed by atoms with E-state index in [1.165, 1.54) is 0 Å². The first-order valence-electron chi connectivity index (χ1n) is 3.17. The van der Waals surface area contributed by atoms with Gasteiger partial charge in [-0.3, -0.25) is 0 Å². The van der Waals surface area contributed by atoms with E-state index in [4.69, 9.17) is 0 Å². The Morgan fingerprint density at radius 2 is 2.10 bits per heavy atom. The molecule has 0 radical (unpaired) electrons. The maximum Gasteiger partial charge on any atom is 0.102 e. The van der Waals surface area contributed by atoms with Crippen LogP contribution in [0.5, 0.6) is 0 Å². The maximum absolute atomic E-state index is 3.81. The molecule has 0 amide bonds. The van der Waals surface area contributed by atoms with Crippen molar-refractivity contribution in [1.29, 1.82) is 0 Å². The summed E-state index contributed by atoms with van der Waals surface area (Å²) in [4.78, 5) is 1.93. The van der Waals surface area contributed by atoms with Crippen molar-refractivity contribution in [3.63, 3.8) is 0 Å². The molecule has 0 aromatic carbocycles. The molecule has 54 valence electrons. The third-order valence-electron chi connectivity index (χ3n) is 1.58. The van der Waals surface area contributed by atoms with Gasteiger partial charge in [0.05, 0.1) is 0 Å². The standard InChI is InChI=1S/C8H12N2/c1-6-5-10(4)8(3)9-7(6)2/h5,9H,2-3H2,1,4H3. The monoisotopic (exact) mass is 136 g/mol. The molecule has 1 N–H and O–H groups in total. The number of nitrogens with one attached hydrogen (secondary N) is 1. The Hall–Kier alpha value is -1.18. The molecule has 1 heterocycles. The van der Waals surface area contributed by atoms with E-state index in [1.807, 2.05) is 25.1 Å². The van der Waals surface area contributed by atoms with Crippen LogP contribution in [0.1, 0.15) is 6.92 Å². The van der Waals surface area contributed by atoms with E-state index in [0.29, 0.717) is 0 Å². The summed E-state index contributed by atoms with van der Waals surface area (Å²) >= 11 is 0. The summed E-state index contributed by atoms with van der Waals surface area (Å²) in [5.41, 5.74) is 2.08. The van der Waals surface area contributed by atoms with Crippen molar-refractivity contribution in [1.82, 2.24) is 10.2 Å². The summed E-state index contributed by atoms with van der Waals surface area (Å²) in [6.07, 6.45) is 2.00. The van der Waals surface area contributed by atoms with Gasteiger partial charge >= 0.3 is 0 Å². The molecule has 0 saturated carbocycles. The lowest BCUT2D eigenvalue weighted by Gasteiger charge is -2.26. The molecule has 0 aromatic rings. The summed E-state index contributed by atoms with van der Waals surface area (Å²) < 4.78 is 0. The zero-order valence-corrected chi connectivity index (χ0v) is 6.44. The molecule has 0 atom stereocenters. The average molecular weight is 136 g/mol. The van der Waals surface area contributed by atoms with Gasteiger partial charge < -0.3 is 10.2 Å². The fraction of sp³-hybridized carbons (Fsp3) is 0.250. The Labute approximate surface area is 61.5 Å². The van der Waals surface area contributed by atoms with Crippen LogP contribution in [0.3, 0.4) is 0 Å². The predicted molar refractivity (Wildman–Crippen MR) is 42.9 cm³/mol. The Bertz CT molecular complexity index is 213. The van der Waals surface area contributed by atoms with E-state index in [2.05, 4.69) is 18.5 Å². The van der Waals surface area contributed by atoms with Gasteiger partial charge in [-0.15, -0.1) is 0 Å². The van der Waals surface area contributed by atoms with Crippen LogP contribution < -0.4 is 5.32 Å². The van der Waals surface area contributed by atoms with Gasteiger partial charge in [0, 0.05) is 18.9 Å². The van der Waals surface area contributed by atoms with E-state index in [1.54, 1.807) is 0 Å². The Morgan fingerprint density at radius 3 is 2.60 bits per heavy atom. The second-order valence-electron chi connectivity index (χ2n) is 2.47. The molecule has 0 aliphatic carbocycles. The van der Waals surface area contributed by atoms with Crippen LogP contribution in [0.25, 0.3) is 0 Å². The first-order valence-corrected chi connectivity index (χ1v) is 3.17. The Morgan fingerprint density at radius 1 is 1.50 bits per heavy atom. The quantitative estimate of drug-likeness (QED) is 0.541. The van der Waals surface area contributed by atoms with Crippen molar-refractivity contribution in [2.45, 2.75) is 6.92 Å². The average Bonchev–Trinajstić information content (AvgIpc) is 1.84. The van der Waals surface area contributed by atoms with Crippen LogP contribution in [-0.2, 0) is 0 Å². The largest absolute Gasteiger partial charge is 0.342 e. The molecule has 2 nitrogen and oxygen atoms in total. The predicted octanol–water partition coefficient (Wildman–Crippen LogP) is 1.41. The minimum Gasteiger partial charge on any atom is -0.342 e. The van der Waals surface area contributed by atoms with Gasteiger partial charge in [-0.2, -0.15) is 0 Å². The molecule has 2 heteroatoms. The summed E-state index contributed by atoms with van der Waals surface area (Å²) in [5.74, 6) is 0.871. The van der Waals surface area contributed by atoms with Gasteiger partial charge in [0.15, 0.2) is 0 Å². The molecule has 0 unspecified atom stereocenters. The number of rotatable bonds is 0. The molecule has 1 rings (SSSR count). The van der Waals surface area contributed by atoms with Crippen LogP contribution in [0.2, 0.25) is 0 Å². The van der Waals surface area contributed by atoms with Gasteiger partial charge in [0.25, 0.3) is 0 Å². The third-order valence-corrected chi connectivity index (χ3v) is 1.58. The molecule has 0 bridgehead atoms. The summed E-state index contributed by atoms with van der Waals surface area (Å²) in [7, 11) is 1.95. The van der Waals surface area contributed by atoms with Crippen molar-refractivity contribution in [2.75, 3.05) is 7.05 Å². The minimum atomic E-state index is 0.871. The molecular formula is C8H12N2. The Kier molecular flexibility index (Phi) is 1.53. The number of hydrogen-bond donors (Lipinski definition) is 1. The van der Waals surface area contributed by atoms with E-state index in [-0.39, 0.29) is 0 Å². The second-order valence-corrected chi connectivity index (χ2v) is 2.47. The Balaban J connectivity index is 2.89. The topological polar surface area (TPSA) is 15.3 Å². The van der Waals surface area contributed by atoms with Crippen LogP contribution in [-0.4, -0.2) is 11.9 Å². The molecule has 1 aliphatic heterocycles. The molecular weight excluding hydrogens is 124 g/mol. The molecule has 0 aromatic heterocycles. The number of allylic oxidation sites excluding steroid dienone is 1. The minimum absolute atomic E-state index is 0.871. The van der Waals surface area contributed by atoms with Crippen molar-refractivity contribution >= 4 is 0 Å². The maximum atomic E-state index is 3.81. The van der Waals surface area contributed by atoms with Crippen LogP contribution in [0.15, 0.2) is 36.4 Å². The van der Waals surface area contributed by atoms with E-state index in [9.17, 15) is 0 Å². The molecule has 0 fully saturated rings. The lowest BCUT2D eigenvalue weighted by atomic mass is 10.2. The first kappa shape index (κ1) is 6.93.